The summed E-state index contributed by atoms with van der Waals surface area (Å²) in [6.45, 7) is 3.36. The average molecular weight is 459 g/mol. The lowest BCUT2D eigenvalue weighted by Gasteiger charge is -2.34. The molecule has 11 heteroatoms. The molecule has 0 radical (unpaired) electrons. The summed E-state index contributed by atoms with van der Waals surface area (Å²) >= 11 is 0. The molecule has 0 atom stereocenters. The van der Waals surface area contributed by atoms with Crippen LogP contribution < -0.4 is 15.0 Å². The fourth-order valence-electron chi connectivity index (χ4n) is 3.35. The topological polar surface area (TPSA) is 101 Å². The summed E-state index contributed by atoms with van der Waals surface area (Å²) in [6.07, 6.45) is 1.76. The van der Waals surface area contributed by atoms with Crippen LogP contribution in [-0.4, -0.2) is 61.2 Å². The van der Waals surface area contributed by atoms with Crippen LogP contribution in [0.15, 0.2) is 53.6 Å². The molecule has 0 spiro atoms. The first-order chi connectivity index (χ1) is 15.4. The van der Waals surface area contributed by atoms with Gasteiger partial charge in [-0.2, -0.15) is 4.31 Å². The maximum atomic E-state index is 14.0. The molecule has 32 heavy (non-hydrogen) atoms. The summed E-state index contributed by atoms with van der Waals surface area (Å²) in [5.41, 5.74) is 1.07. The predicted molar refractivity (Wildman–Crippen MR) is 118 cm³/mol. The number of aryl methyl sites for hydroxylation is 1. The first kappa shape index (κ1) is 21.9. The van der Waals surface area contributed by atoms with E-state index in [-0.39, 0.29) is 23.7 Å². The second-order valence-electron chi connectivity index (χ2n) is 7.31. The second-order valence-corrected chi connectivity index (χ2v) is 9.25. The highest BCUT2D eigenvalue weighted by molar-refractivity contribution is 7.89. The van der Waals surface area contributed by atoms with Crippen LogP contribution in [-0.2, 0) is 10.0 Å². The first-order valence-corrected chi connectivity index (χ1v) is 11.4. The van der Waals surface area contributed by atoms with Gasteiger partial charge < -0.3 is 15.0 Å². The molecule has 168 valence electrons. The molecule has 1 fully saturated rings. The van der Waals surface area contributed by atoms with Crippen molar-refractivity contribution < 1.29 is 17.5 Å². The van der Waals surface area contributed by atoms with Gasteiger partial charge in [0.25, 0.3) is 0 Å². The fraction of sp³-hybridized carbons (Fsp3) is 0.286. The number of piperazine rings is 1. The maximum absolute atomic E-state index is 14.0. The van der Waals surface area contributed by atoms with Gasteiger partial charge in [-0.05, 0) is 48.9 Å². The molecule has 1 aliphatic heterocycles. The molecule has 0 aliphatic carbocycles. The molecule has 9 nitrogen and oxygen atoms in total. The third-order valence-corrected chi connectivity index (χ3v) is 7.04. The Morgan fingerprint density at radius 3 is 2.34 bits per heavy atom. The molecule has 3 aromatic rings. The van der Waals surface area contributed by atoms with Gasteiger partial charge in [-0.15, -0.1) is 10.2 Å². The van der Waals surface area contributed by atoms with E-state index in [2.05, 4.69) is 20.5 Å². The molecule has 0 bridgehead atoms. The quantitative estimate of drug-likeness (QED) is 0.602. The molecule has 0 amide bonds. The number of hydrogen-bond acceptors (Lipinski definition) is 8. The Labute approximate surface area is 185 Å². The number of aromatic nitrogens is 3. The highest BCUT2D eigenvalue weighted by Crippen LogP contribution is 2.25. The van der Waals surface area contributed by atoms with Crippen molar-refractivity contribution in [3.8, 4) is 5.75 Å². The van der Waals surface area contributed by atoms with E-state index in [0.29, 0.717) is 30.5 Å². The summed E-state index contributed by atoms with van der Waals surface area (Å²) < 4.78 is 45.9. The molecular weight excluding hydrogens is 435 g/mol. The van der Waals surface area contributed by atoms with Crippen molar-refractivity contribution in [2.45, 2.75) is 11.8 Å². The number of halogens is 1. The third-order valence-electron chi connectivity index (χ3n) is 5.14. The molecule has 1 aromatic carbocycles. The van der Waals surface area contributed by atoms with Gasteiger partial charge in [0.05, 0.1) is 12.0 Å². The van der Waals surface area contributed by atoms with Gasteiger partial charge in [-0.3, -0.25) is 0 Å². The lowest BCUT2D eigenvalue weighted by atomic mass is 10.3. The Balaban J connectivity index is 1.38. The molecule has 3 heterocycles. The van der Waals surface area contributed by atoms with E-state index in [4.69, 9.17) is 4.74 Å². The van der Waals surface area contributed by atoms with Crippen molar-refractivity contribution in [1.29, 1.82) is 0 Å². The summed E-state index contributed by atoms with van der Waals surface area (Å²) in [5, 5.41) is 11.5. The lowest BCUT2D eigenvalue weighted by Crippen LogP contribution is -2.49. The van der Waals surface area contributed by atoms with Crippen LogP contribution in [0.5, 0.6) is 5.75 Å². The fourth-order valence-corrected chi connectivity index (χ4v) is 4.78. The number of ether oxygens (including phenoxy) is 1. The van der Waals surface area contributed by atoms with Gasteiger partial charge in [0.15, 0.2) is 23.2 Å². The van der Waals surface area contributed by atoms with Crippen LogP contribution in [0.25, 0.3) is 0 Å². The zero-order chi connectivity index (χ0) is 22.7. The standard InChI is InChI=1S/C21H23FN6O3S/c1-15-3-6-19(23-14-15)24-20-7-8-21(26-25-20)27-9-11-28(12-10-27)32(29,30)16-4-5-18(31-2)17(22)13-16/h3-8,13-14H,9-12H2,1-2H3,(H,23,24,25). The van der Waals surface area contributed by atoms with E-state index in [0.717, 1.165) is 11.6 Å². The molecule has 1 N–H and O–H groups in total. The Morgan fingerprint density at radius 1 is 1.00 bits per heavy atom. The third kappa shape index (κ3) is 4.63. The van der Waals surface area contributed by atoms with Gasteiger partial charge in [-0.25, -0.2) is 17.8 Å². The number of nitrogens with zero attached hydrogens (tertiary/aromatic N) is 5. The number of pyridine rings is 1. The average Bonchev–Trinajstić information content (AvgIpc) is 2.81. The molecular formula is C21H23FN6O3S. The van der Waals surface area contributed by atoms with Crippen molar-refractivity contribution in [1.82, 2.24) is 19.5 Å². The summed E-state index contributed by atoms with van der Waals surface area (Å²) in [5.74, 6) is 1.18. The van der Waals surface area contributed by atoms with Crippen LogP contribution in [0.3, 0.4) is 0 Å². The van der Waals surface area contributed by atoms with E-state index in [1.165, 1.54) is 23.5 Å². The minimum absolute atomic E-state index is 0.00318. The van der Waals surface area contributed by atoms with Gasteiger partial charge >= 0.3 is 0 Å². The monoisotopic (exact) mass is 458 g/mol. The Bertz CT molecular complexity index is 1180. The van der Waals surface area contributed by atoms with Crippen LogP contribution in [0, 0.1) is 12.7 Å². The van der Waals surface area contributed by atoms with Gasteiger partial charge in [0.2, 0.25) is 10.0 Å². The molecule has 1 saturated heterocycles. The van der Waals surface area contributed by atoms with Crippen molar-refractivity contribution >= 4 is 27.5 Å². The Kier molecular flexibility index (Phi) is 6.19. The normalized spacial score (nSPS) is 14.9. The summed E-state index contributed by atoms with van der Waals surface area (Å²) in [4.78, 5) is 6.14. The Morgan fingerprint density at radius 2 is 1.75 bits per heavy atom. The van der Waals surface area contributed by atoms with Crippen molar-refractivity contribution in [3.63, 3.8) is 0 Å². The first-order valence-electron chi connectivity index (χ1n) is 9.99. The summed E-state index contributed by atoms with van der Waals surface area (Å²) in [6, 6.07) is 11.1. The zero-order valence-electron chi connectivity index (χ0n) is 17.7. The number of rotatable bonds is 6. The van der Waals surface area contributed by atoms with Gasteiger partial charge in [0, 0.05) is 32.4 Å². The molecule has 0 unspecified atom stereocenters. The molecule has 1 aliphatic rings. The predicted octanol–water partition coefficient (Wildman–Crippen LogP) is 2.58. The van der Waals surface area contributed by atoms with E-state index in [9.17, 15) is 12.8 Å². The number of anilines is 3. The minimum Gasteiger partial charge on any atom is -0.494 e. The maximum Gasteiger partial charge on any atom is 0.243 e. The highest BCUT2D eigenvalue weighted by Gasteiger charge is 2.29. The van der Waals surface area contributed by atoms with Crippen LogP contribution in [0.2, 0.25) is 0 Å². The lowest BCUT2D eigenvalue weighted by molar-refractivity contribution is 0.379. The van der Waals surface area contributed by atoms with E-state index < -0.39 is 15.8 Å². The summed E-state index contributed by atoms with van der Waals surface area (Å²) in [7, 11) is -2.47. The van der Waals surface area contributed by atoms with Gasteiger partial charge in [-0.1, -0.05) is 6.07 Å². The van der Waals surface area contributed by atoms with Crippen molar-refractivity contribution in [2.24, 2.45) is 0 Å². The highest BCUT2D eigenvalue weighted by atomic mass is 32.2. The SMILES string of the molecule is COc1ccc(S(=O)(=O)N2CCN(c3ccc(Nc4ccc(C)cn4)nn3)CC2)cc1F. The zero-order valence-corrected chi connectivity index (χ0v) is 18.5. The molecule has 0 saturated carbocycles. The minimum atomic E-state index is -3.80. The van der Waals surface area contributed by atoms with E-state index in [1.807, 2.05) is 30.0 Å². The number of benzene rings is 1. The van der Waals surface area contributed by atoms with E-state index in [1.54, 1.807) is 12.3 Å². The van der Waals surface area contributed by atoms with Crippen LogP contribution in [0.4, 0.5) is 21.8 Å². The van der Waals surface area contributed by atoms with Gasteiger partial charge in [0.1, 0.15) is 5.82 Å². The number of sulfonamides is 1. The smallest absolute Gasteiger partial charge is 0.243 e. The second kappa shape index (κ2) is 9.05. The molecule has 4 rings (SSSR count). The van der Waals surface area contributed by atoms with Crippen LogP contribution in [0.1, 0.15) is 5.56 Å². The number of methoxy groups -OCH3 is 1. The van der Waals surface area contributed by atoms with Crippen molar-refractivity contribution in [3.05, 3.63) is 60.0 Å². The molecule has 2 aromatic heterocycles. The number of hydrogen-bond donors (Lipinski definition) is 1. The van der Waals surface area contributed by atoms with Crippen LogP contribution >= 0.6 is 0 Å². The van der Waals surface area contributed by atoms with Crippen molar-refractivity contribution in [2.75, 3.05) is 43.5 Å². The number of nitrogens with one attached hydrogen (secondary N) is 1. The van der Waals surface area contributed by atoms with E-state index >= 15 is 0 Å². The Hall–Kier alpha value is -3.31. The largest absolute Gasteiger partial charge is 0.494 e.